The molecule has 0 aliphatic heterocycles. The highest BCUT2D eigenvalue weighted by molar-refractivity contribution is 4.71. The molecule has 0 aromatic carbocycles. The standard InChI is InChI=1S/C8H16O.C3H8/c1-7-5-3-4-6-8(7)9-2;1-3-2/h7-8H,3-6H2,1-2H3;3H2,1-2H3/t7-,8-;/m1./s1. The van der Waals surface area contributed by atoms with Crippen molar-refractivity contribution in [3.63, 3.8) is 0 Å². The maximum atomic E-state index is 5.30. The van der Waals surface area contributed by atoms with Crippen molar-refractivity contribution in [2.45, 2.75) is 59.0 Å². The molecule has 1 rings (SSSR count). The van der Waals surface area contributed by atoms with Crippen LogP contribution in [0.15, 0.2) is 0 Å². The van der Waals surface area contributed by atoms with E-state index in [2.05, 4.69) is 20.8 Å². The van der Waals surface area contributed by atoms with Crippen molar-refractivity contribution in [2.75, 3.05) is 7.11 Å². The summed E-state index contributed by atoms with van der Waals surface area (Å²) in [4.78, 5) is 0. The van der Waals surface area contributed by atoms with Gasteiger partial charge in [0, 0.05) is 7.11 Å². The molecule has 0 aromatic rings. The van der Waals surface area contributed by atoms with Crippen molar-refractivity contribution in [1.82, 2.24) is 0 Å². The Morgan fingerprint density at radius 2 is 1.67 bits per heavy atom. The zero-order chi connectivity index (χ0) is 9.40. The topological polar surface area (TPSA) is 9.23 Å². The van der Waals surface area contributed by atoms with Crippen molar-refractivity contribution < 1.29 is 4.74 Å². The van der Waals surface area contributed by atoms with E-state index in [0.29, 0.717) is 6.10 Å². The van der Waals surface area contributed by atoms with Crippen LogP contribution in [0.2, 0.25) is 0 Å². The van der Waals surface area contributed by atoms with Crippen LogP contribution in [0, 0.1) is 5.92 Å². The maximum Gasteiger partial charge on any atom is 0.0596 e. The second-order valence-electron chi connectivity index (χ2n) is 3.74. The number of ether oxygens (including phenoxy) is 1. The zero-order valence-corrected chi connectivity index (χ0v) is 9.10. The molecule has 1 aliphatic rings. The van der Waals surface area contributed by atoms with Gasteiger partial charge in [0.05, 0.1) is 6.10 Å². The summed E-state index contributed by atoms with van der Waals surface area (Å²) < 4.78 is 5.30. The van der Waals surface area contributed by atoms with E-state index in [1.54, 1.807) is 0 Å². The van der Waals surface area contributed by atoms with E-state index < -0.39 is 0 Å². The Balaban J connectivity index is 0.000000354. The van der Waals surface area contributed by atoms with Crippen LogP contribution in [0.3, 0.4) is 0 Å². The number of rotatable bonds is 1. The quantitative estimate of drug-likeness (QED) is 0.587. The Morgan fingerprint density at radius 1 is 1.17 bits per heavy atom. The molecular weight excluding hydrogens is 148 g/mol. The van der Waals surface area contributed by atoms with Crippen molar-refractivity contribution in [2.24, 2.45) is 5.92 Å². The molecule has 1 saturated carbocycles. The summed E-state index contributed by atoms with van der Waals surface area (Å²) in [5, 5.41) is 0. The molecule has 0 bridgehead atoms. The second-order valence-corrected chi connectivity index (χ2v) is 3.74. The van der Waals surface area contributed by atoms with Gasteiger partial charge in [0.25, 0.3) is 0 Å². The van der Waals surface area contributed by atoms with Crippen LogP contribution < -0.4 is 0 Å². The van der Waals surface area contributed by atoms with Gasteiger partial charge in [0.1, 0.15) is 0 Å². The highest BCUT2D eigenvalue weighted by atomic mass is 16.5. The summed E-state index contributed by atoms with van der Waals surface area (Å²) >= 11 is 0. The van der Waals surface area contributed by atoms with Crippen LogP contribution in [0.5, 0.6) is 0 Å². The lowest BCUT2D eigenvalue weighted by atomic mass is 9.88. The first kappa shape index (κ1) is 12.0. The third-order valence-electron chi connectivity index (χ3n) is 2.34. The van der Waals surface area contributed by atoms with Gasteiger partial charge in [-0.05, 0) is 18.8 Å². The van der Waals surface area contributed by atoms with Crippen LogP contribution in [0.25, 0.3) is 0 Å². The molecule has 12 heavy (non-hydrogen) atoms. The Kier molecular flexibility index (Phi) is 7.58. The van der Waals surface area contributed by atoms with Crippen molar-refractivity contribution in [3.05, 3.63) is 0 Å². The molecule has 0 spiro atoms. The van der Waals surface area contributed by atoms with Crippen molar-refractivity contribution in [3.8, 4) is 0 Å². The molecular formula is C11H24O. The maximum absolute atomic E-state index is 5.30. The minimum absolute atomic E-state index is 0.554. The third-order valence-corrected chi connectivity index (χ3v) is 2.34. The van der Waals surface area contributed by atoms with E-state index in [-0.39, 0.29) is 0 Å². The normalized spacial score (nSPS) is 29.0. The lowest BCUT2D eigenvalue weighted by Crippen LogP contribution is -2.23. The number of hydrogen-bond donors (Lipinski definition) is 0. The Morgan fingerprint density at radius 3 is 2.00 bits per heavy atom. The van der Waals surface area contributed by atoms with Crippen LogP contribution in [-0.2, 0) is 4.74 Å². The summed E-state index contributed by atoms with van der Waals surface area (Å²) in [6.07, 6.45) is 7.21. The monoisotopic (exact) mass is 172 g/mol. The van der Waals surface area contributed by atoms with E-state index >= 15 is 0 Å². The van der Waals surface area contributed by atoms with E-state index in [9.17, 15) is 0 Å². The first-order valence-corrected chi connectivity index (χ1v) is 5.29. The van der Waals surface area contributed by atoms with Gasteiger partial charge >= 0.3 is 0 Å². The van der Waals surface area contributed by atoms with Gasteiger partial charge in [-0.3, -0.25) is 0 Å². The first-order valence-electron chi connectivity index (χ1n) is 5.29. The fourth-order valence-electron chi connectivity index (χ4n) is 1.63. The first-order chi connectivity index (χ1) is 5.76. The summed E-state index contributed by atoms with van der Waals surface area (Å²) in [6, 6.07) is 0. The number of hydrogen-bond acceptors (Lipinski definition) is 1. The molecule has 0 N–H and O–H groups in total. The fraction of sp³-hybridized carbons (Fsp3) is 1.00. The Bertz CT molecular complexity index is 91.0. The van der Waals surface area contributed by atoms with Gasteiger partial charge in [-0.15, -0.1) is 0 Å². The molecule has 1 heteroatoms. The molecule has 2 atom stereocenters. The molecule has 74 valence electrons. The smallest absolute Gasteiger partial charge is 0.0596 e. The lowest BCUT2D eigenvalue weighted by molar-refractivity contribution is 0.0310. The molecule has 1 aliphatic carbocycles. The molecule has 0 amide bonds. The fourth-order valence-corrected chi connectivity index (χ4v) is 1.63. The number of methoxy groups -OCH3 is 1. The van der Waals surface area contributed by atoms with Gasteiger partial charge < -0.3 is 4.74 Å². The highest BCUT2D eigenvalue weighted by Gasteiger charge is 2.19. The molecule has 1 fully saturated rings. The summed E-state index contributed by atoms with van der Waals surface area (Å²) in [6.45, 7) is 6.54. The highest BCUT2D eigenvalue weighted by Crippen LogP contribution is 2.25. The van der Waals surface area contributed by atoms with E-state index in [1.807, 2.05) is 7.11 Å². The predicted molar refractivity (Wildman–Crippen MR) is 54.4 cm³/mol. The van der Waals surface area contributed by atoms with Gasteiger partial charge in [-0.2, -0.15) is 0 Å². The molecule has 0 radical (unpaired) electrons. The average Bonchev–Trinajstić information content (AvgIpc) is 2.07. The molecule has 0 heterocycles. The van der Waals surface area contributed by atoms with E-state index in [0.717, 1.165) is 5.92 Å². The Hall–Kier alpha value is -0.0400. The third kappa shape index (κ3) is 4.76. The summed E-state index contributed by atoms with van der Waals surface area (Å²) in [7, 11) is 1.83. The van der Waals surface area contributed by atoms with Crippen LogP contribution in [0.1, 0.15) is 52.9 Å². The molecule has 0 aromatic heterocycles. The SMILES string of the molecule is CCC.CO[C@@H]1CCCC[C@H]1C. The minimum Gasteiger partial charge on any atom is -0.381 e. The van der Waals surface area contributed by atoms with Gasteiger partial charge in [-0.25, -0.2) is 0 Å². The summed E-state index contributed by atoms with van der Waals surface area (Å²) in [5.41, 5.74) is 0. The minimum atomic E-state index is 0.554. The van der Waals surface area contributed by atoms with E-state index in [4.69, 9.17) is 4.74 Å². The van der Waals surface area contributed by atoms with Gasteiger partial charge in [0.2, 0.25) is 0 Å². The molecule has 0 unspecified atom stereocenters. The van der Waals surface area contributed by atoms with Crippen LogP contribution in [-0.4, -0.2) is 13.2 Å². The summed E-state index contributed by atoms with van der Waals surface area (Å²) in [5.74, 6) is 0.795. The zero-order valence-electron chi connectivity index (χ0n) is 9.10. The average molecular weight is 172 g/mol. The lowest BCUT2D eigenvalue weighted by Gasteiger charge is -2.26. The molecule has 1 nitrogen and oxygen atoms in total. The predicted octanol–water partition coefficient (Wildman–Crippen LogP) is 3.63. The Labute approximate surface area is 77.5 Å². The second kappa shape index (κ2) is 7.60. The van der Waals surface area contributed by atoms with Gasteiger partial charge in [-0.1, -0.05) is 40.0 Å². The van der Waals surface area contributed by atoms with Gasteiger partial charge in [0.15, 0.2) is 0 Å². The van der Waals surface area contributed by atoms with Crippen LogP contribution in [0.4, 0.5) is 0 Å². The molecule has 0 saturated heterocycles. The largest absolute Gasteiger partial charge is 0.381 e. The van der Waals surface area contributed by atoms with Crippen molar-refractivity contribution >= 4 is 0 Å². The van der Waals surface area contributed by atoms with Crippen LogP contribution >= 0.6 is 0 Å². The van der Waals surface area contributed by atoms with E-state index in [1.165, 1.54) is 32.1 Å². The van der Waals surface area contributed by atoms with Crippen molar-refractivity contribution in [1.29, 1.82) is 0 Å².